The van der Waals surface area contributed by atoms with Gasteiger partial charge in [0, 0.05) is 4.47 Å². The van der Waals surface area contributed by atoms with Crippen molar-refractivity contribution < 1.29 is 19.1 Å². The lowest BCUT2D eigenvalue weighted by Crippen LogP contribution is -2.09. The van der Waals surface area contributed by atoms with E-state index in [0.29, 0.717) is 23.5 Å². The van der Waals surface area contributed by atoms with E-state index in [4.69, 9.17) is 9.47 Å². The fourth-order valence-electron chi connectivity index (χ4n) is 1.63. The van der Waals surface area contributed by atoms with Gasteiger partial charge in [-0.2, -0.15) is 0 Å². The van der Waals surface area contributed by atoms with Gasteiger partial charge >= 0.3 is 11.9 Å². The van der Waals surface area contributed by atoms with Crippen molar-refractivity contribution in [1.29, 1.82) is 0 Å². The second kappa shape index (κ2) is 7.04. The van der Waals surface area contributed by atoms with Gasteiger partial charge in [-0.25, -0.2) is 9.59 Å². The molecular weight excluding hydrogens is 336 g/mol. The summed E-state index contributed by atoms with van der Waals surface area (Å²) < 4.78 is 11.0. The lowest BCUT2D eigenvalue weighted by molar-refractivity contribution is 0.0525. The van der Waals surface area contributed by atoms with Crippen LogP contribution in [0.1, 0.15) is 27.6 Å². The predicted molar refractivity (Wildman–Crippen MR) is 81.5 cm³/mol. The molecule has 0 atom stereocenters. The first kappa shape index (κ1) is 15.3. The van der Waals surface area contributed by atoms with Gasteiger partial charge in [-0.05, 0) is 55.5 Å². The normalized spacial score (nSPS) is 10.0. The highest BCUT2D eigenvalue weighted by Gasteiger charge is 2.11. The largest absolute Gasteiger partial charge is 0.462 e. The summed E-state index contributed by atoms with van der Waals surface area (Å²) in [4.78, 5) is 23.5. The molecule has 2 rings (SSSR count). The summed E-state index contributed by atoms with van der Waals surface area (Å²) in [5.74, 6) is -0.435. The van der Waals surface area contributed by atoms with Gasteiger partial charge in [0.1, 0.15) is 5.75 Å². The third-order valence-electron chi connectivity index (χ3n) is 2.66. The SMILES string of the molecule is CCOC(=O)c1ccc(C(=O)Oc2ccc(Br)cc2)cc1. The number of hydrogen-bond acceptors (Lipinski definition) is 4. The van der Waals surface area contributed by atoms with Gasteiger partial charge in [-0.3, -0.25) is 0 Å². The van der Waals surface area contributed by atoms with Crippen LogP contribution in [0.3, 0.4) is 0 Å². The highest BCUT2D eigenvalue weighted by atomic mass is 79.9. The number of rotatable bonds is 4. The first-order valence-corrected chi connectivity index (χ1v) is 7.14. The van der Waals surface area contributed by atoms with E-state index < -0.39 is 11.9 Å². The molecule has 0 saturated carbocycles. The molecule has 2 aromatic carbocycles. The molecule has 4 nitrogen and oxygen atoms in total. The summed E-state index contributed by atoms with van der Waals surface area (Å²) in [6.07, 6.45) is 0. The molecule has 0 N–H and O–H groups in total. The summed E-state index contributed by atoms with van der Waals surface area (Å²) in [5.41, 5.74) is 0.767. The van der Waals surface area contributed by atoms with Crippen LogP contribution in [0.5, 0.6) is 5.75 Å². The van der Waals surface area contributed by atoms with E-state index >= 15 is 0 Å². The number of esters is 2. The van der Waals surface area contributed by atoms with Crippen LogP contribution in [-0.4, -0.2) is 18.5 Å². The molecule has 0 unspecified atom stereocenters. The van der Waals surface area contributed by atoms with E-state index in [2.05, 4.69) is 15.9 Å². The van der Waals surface area contributed by atoms with Crippen LogP contribution in [0, 0.1) is 0 Å². The first-order valence-electron chi connectivity index (χ1n) is 6.35. The molecule has 0 bridgehead atoms. The van der Waals surface area contributed by atoms with E-state index in [9.17, 15) is 9.59 Å². The zero-order valence-electron chi connectivity index (χ0n) is 11.3. The van der Waals surface area contributed by atoms with Gasteiger partial charge in [-0.15, -0.1) is 0 Å². The van der Waals surface area contributed by atoms with E-state index in [1.54, 1.807) is 31.2 Å². The molecule has 0 aliphatic rings. The monoisotopic (exact) mass is 348 g/mol. The molecule has 0 radical (unpaired) electrons. The van der Waals surface area contributed by atoms with Crippen LogP contribution in [0.25, 0.3) is 0 Å². The minimum absolute atomic E-state index is 0.312. The Labute approximate surface area is 130 Å². The van der Waals surface area contributed by atoms with Crippen molar-refractivity contribution in [2.45, 2.75) is 6.92 Å². The van der Waals surface area contributed by atoms with E-state index in [1.807, 2.05) is 0 Å². The van der Waals surface area contributed by atoms with Crippen molar-refractivity contribution >= 4 is 27.9 Å². The fourth-order valence-corrected chi connectivity index (χ4v) is 1.89. The summed E-state index contributed by atoms with van der Waals surface area (Å²) in [6, 6.07) is 13.1. The maximum Gasteiger partial charge on any atom is 0.343 e. The van der Waals surface area contributed by atoms with Crippen molar-refractivity contribution in [2.24, 2.45) is 0 Å². The molecule has 0 fully saturated rings. The number of benzene rings is 2. The van der Waals surface area contributed by atoms with E-state index in [0.717, 1.165) is 4.47 Å². The highest BCUT2D eigenvalue weighted by molar-refractivity contribution is 9.10. The van der Waals surface area contributed by atoms with E-state index in [1.165, 1.54) is 24.3 Å². The zero-order valence-corrected chi connectivity index (χ0v) is 12.9. The molecule has 0 aliphatic carbocycles. The van der Waals surface area contributed by atoms with Crippen LogP contribution in [-0.2, 0) is 4.74 Å². The fraction of sp³-hybridized carbons (Fsp3) is 0.125. The maximum atomic E-state index is 12.0. The zero-order chi connectivity index (χ0) is 15.2. The second-order valence-corrected chi connectivity index (χ2v) is 5.06. The van der Waals surface area contributed by atoms with Gasteiger partial charge in [0.25, 0.3) is 0 Å². The Morgan fingerprint density at radius 1 is 0.905 bits per heavy atom. The lowest BCUT2D eigenvalue weighted by atomic mass is 10.1. The standard InChI is InChI=1S/C16H13BrO4/c1-2-20-15(18)11-3-5-12(6-4-11)16(19)21-14-9-7-13(17)8-10-14/h3-10H,2H2,1H3. The van der Waals surface area contributed by atoms with Crippen molar-refractivity contribution in [3.05, 3.63) is 64.1 Å². The molecule has 0 spiro atoms. The Bertz CT molecular complexity index is 632. The smallest absolute Gasteiger partial charge is 0.343 e. The van der Waals surface area contributed by atoms with Crippen LogP contribution in [0.4, 0.5) is 0 Å². The van der Waals surface area contributed by atoms with Crippen molar-refractivity contribution in [3.63, 3.8) is 0 Å². The second-order valence-electron chi connectivity index (χ2n) is 4.14. The average Bonchev–Trinajstić information content (AvgIpc) is 2.50. The highest BCUT2D eigenvalue weighted by Crippen LogP contribution is 2.17. The number of ether oxygens (including phenoxy) is 2. The summed E-state index contributed by atoms with van der Waals surface area (Å²) in [6.45, 7) is 2.05. The summed E-state index contributed by atoms with van der Waals surface area (Å²) >= 11 is 3.31. The van der Waals surface area contributed by atoms with Gasteiger partial charge in [-0.1, -0.05) is 15.9 Å². The van der Waals surface area contributed by atoms with Gasteiger partial charge in [0.05, 0.1) is 17.7 Å². The lowest BCUT2D eigenvalue weighted by Gasteiger charge is -2.05. The maximum absolute atomic E-state index is 12.0. The van der Waals surface area contributed by atoms with E-state index in [-0.39, 0.29) is 0 Å². The van der Waals surface area contributed by atoms with Crippen LogP contribution >= 0.6 is 15.9 Å². The van der Waals surface area contributed by atoms with Crippen LogP contribution in [0.2, 0.25) is 0 Å². The van der Waals surface area contributed by atoms with Gasteiger partial charge < -0.3 is 9.47 Å². The summed E-state index contributed by atoms with van der Waals surface area (Å²) in [5, 5.41) is 0. The molecule has 0 aliphatic heterocycles. The minimum atomic E-state index is -0.479. The Morgan fingerprint density at radius 3 is 1.95 bits per heavy atom. The third kappa shape index (κ3) is 4.16. The molecule has 0 amide bonds. The van der Waals surface area contributed by atoms with Gasteiger partial charge in [0.2, 0.25) is 0 Å². The molecule has 0 heterocycles. The summed E-state index contributed by atoms with van der Waals surface area (Å²) in [7, 11) is 0. The van der Waals surface area contributed by atoms with Crippen LogP contribution in [0.15, 0.2) is 53.0 Å². The number of carbonyl (C=O) groups is 2. The quantitative estimate of drug-likeness (QED) is 0.622. The molecule has 2 aromatic rings. The first-order chi connectivity index (χ1) is 10.1. The Balaban J connectivity index is 2.06. The molecule has 0 aromatic heterocycles. The third-order valence-corrected chi connectivity index (χ3v) is 3.18. The molecule has 108 valence electrons. The average molecular weight is 349 g/mol. The number of carbonyl (C=O) groups excluding carboxylic acids is 2. The molecular formula is C16H13BrO4. The Hall–Kier alpha value is -2.14. The molecule has 5 heteroatoms. The Kier molecular flexibility index (Phi) is 5.11. The minimum Gasteiger partial charge on any atom is -0.462 e. The van der Waals surface area contributed by atoms with Crippen molar-refractivity contribution in [3.8, 4) is 5.75 Å². The topological polar surface area (TPSA) is 52.6 Å². The van der Waals surface area contributed by atoms with Gasteiger partial charge in [0.15, 0.2) is 0 Å². The molecule has 21 heavy (non-hydrogen) atoms. The predicted octanol–water partition coefficient (Wildman–Crippen LogP) is 3.85. The van der Waals surface area contributed by atoms with Crippen molar-refractivity contribution in [2.75, 3.05) is 6.61 Å². The number of halogens is 1. The van der Waals surface area contributed by atoms with Crippen molar-refractivity contribution in [1.82, 2.24) is 0 Å². The van der Waals surface area contributed by atoms with Crippen LogP contribution < -0.4 is 4.74 Å². The Morgan fingerprint density at radius 2 is 1.43 bits per heavy atom. The molecule has 0 saturated heterocycles. The number of hydrogen-bond donors (Lipinski definition) is 0.